The number of oxazole rings is 1. The Morgan fingerprint density at radius 2 is 1.90 bits per heavy atom. The predicted molar refractivity (Wildman–Crippen MR) is 120 cm³/mol. The van der Waals surface area contributed by atoms with Crippen LogP contribution in [0.15, 0.2) is 45.6 Å². The summed E-state index contributed by atoms with van der Waals surface area (Å²) in [5.41, 5.74) is 4.49. The van der Waals surface area contributed by atoms with Crippen molar-refractivity contribution in [2.75, 3.05) is 13.1 Å². The minimum Gasteiger partial charge on any atom is -0.467 e. The Hall–Kier alpha value is -3.13. The molecule has 0 atom stereocenters. The third-order valence-corrected chi connectivity index (χ3v) is 6.93. The molecule has 1 amide bonds. The standard InChI is InChI=1S/C23H23N3O4S/c1-14-7-8-15(2)21-20(14)24-22(31-21)29-16-9-11-25(12-10-16)19(27)13-26-17-5-3-4-6-18(17)30-23(26)28/h3-8,16H,9-13H2,1-2H3. The monoisotopic (exact) mass is 437 g/mol. The highest BCUT2D eigenvalue weighted by atomic mass is 32.1. The number of nitrogens with zero attached hydrogens (tertiary/aromatic N) is 3. The number of likely N-dealkylation sites (tertiary alicyclic amines) is 1. The molecule has 0 unspecified atom stereocenters. The molecular weight excluding hydrogens is 414 g/mol. The van der Waals surface area contributed by atoms with E-state index in [9.17, 15) is 9.59 Å². The molecule has 1 saturated heterocycles. The highest BCUT2D eigenvalue weighted by Crippen LogP contribution is 2.33. The zero-order chi connectivity index (χ0) is 21.5. The quantitative estimate of drug-likeness (QED) is 0.484. The average Bonchev–Trinajstić information content (AvgIpc) is 3.33. The second-order valence-corrected chi connectivity index (χ2v) is 8.94. The van der Waals surface area contributed by atoms with Crippen LogP contribution in [0.1, 0.15) is 24.0 Å². The van der Waals surface area contributed by atoms with Crippen LogP contribution in [-0.2, 0) is 11.3 Å². The molecule has 0 bridgehead atoms. The number of piperidine rings is 1. The molecule has 5 rings (SSSR count). The maximum atomic E-state index is 12.8. The second kappa shape index (κ2) is 7.85. The van der Waals surface area contributed by atoms with Gasteiger partial charge in [0.25, 0.3) is 5.19 Å². The fourth-order valence-electron chi connectivity index (χ4n) is 4.05. The van der Waals surface area contributed by atoms with Crippen LogP contribution in [0.5, 0.6) is 5.19 Å². The Morgan fingerprint density at radius 1 is 1.16 bits per heavy atom. The number of ether oxygens (including phenoxy) is 1. The van der Waals surface area contributed by atoms with E-state index in [-0.39, 0.29) is 18.6 Å². The number of hydrogen-bond acceptors (Lipinski definition) is 6. The molecule has 0 radical (unpaired) electrons. The normalized spacial score (nSPS) is 15.1. The van der Waals surface area contributed by atoms with Crippen molar-refractivity contribution in [1.82, 2.24) is 14.5 Å². The second-order valence-electron chi connectivity index (χ2n) is 7.98. The number of thiazole rings is 1. The first-order valence-corrected chi connectivity index (χ1v) is 11.2. The van der Waals surface area contributed by atoms with E-state index in [1.165, 1.54) is 14.8 Å². The van der Waals surface area contributed by atoms with Crippen LogP contribution in [0.4, 0.5) is 0 Å². The van der Waals surface area contributed by atoms with Gasteiger partial charge in [-0.25, -0.2) is 9.78 Å². The first kappa shape index (κ1) is 19.8. The van der Waals surface area contributed by atoms with Crippen LogP contribution < -0.4 is 10.5 Å². The third kappa shape index (κ3) is 3.72. The molecule has 4 aromatic rings. The van der Waals surface area contributed by atoms with Crippen LogP contribution in [-0.4, -0.2) is 39.6 Å². The fraction of sp³-hybridized carbons (Fsp3) is 0.348. The van der Waals surface area contributed by atoms with Crippen molar-refractivity contribution in [3.8, 4) is 5.19 Å². The van der Waals surface area contributed by atoms with Crippen LogP contribution in [0.25, 0.3) is 21.3 Å². The maximum absolute atomic E-state index is 12.8. The summed E-state index contributed by atoms with van der Waals surface area (Å²) in [5.74, 6) is -0.590. The first-order chi connectivity index (χ1) is 15.0. The SMILES string of the molecule is Cc1ccc(C)c2sc(OC3CCN(C(=O)Cn4c(=O)oc5ccccc54)CC3)nc12. The molecule has 3 heterocycles. The van der Waals surface area contributed by atoms with Gasteiger partial charge in [0.2, 0.25) is 5.91 Å². The Balaban J connectivity index is 1.23. The molecule has 2 aromatic carbocycles. The summed E-state index contributed by atoms with van der Waals surface area (Å²) in [5, 5.41) is 0.689. The minimum atomic E-state index is -0.505. The van der Waals surface area contributed by atoms with Gasteiger partial charge in [-0.1, -0.05) is 35.6 Å². The Bertz CT molecular complexity index is 1290. The smallest absolute Gasteiger partial charge is 0.420 e. The summed E-state index contributed by atoms with van der Waals surface area (Å²) in [6, 6.07) is 11.3. The number of amides is 1. The molecule has 1 aliphatic heterocycles. The highest BCUT2D eigenvalue weighted by Gasteiger charge is 2.26. The number of aromatic nitrogens is 2. The van der Waals surface area contributed by atoms with E-state index >= 15 is 0 Å². The summed E-state index contributed by atoms with van der Waals surface area (Å²) in [7, 11) is 0. The van der Waals surface area contributed by atoms with Gasteiger partial charge in [0.15, 0.2) is 5.58 Å². The number of benzene rings is 2. The molecule has 0 N–H and O–H groups in total. The van der Waals surface area contributed by atoms with Gasteiger partial charge in [0.05, 0.1) is 15.7 Å². The largest absolute Gasteiger partial charge is 0.467 e. The van der Waals surface area contributed by atoms with Crippen LogP contribution in [0.2, 0.25) is 0 Å². The van der Waals surface area contributed by atoms with Crippen molar-refractivity contribution in [2.24, 2.45) is 0 Å². The number of fused-ring (bicyclic) bond motifs is 2. The summed E-state index contributed by atoms with van der Waals surface area (Å²) >= 11 is 1.58. The van der Waals surface area contributed by atoms with Gasteiger partial charge >= 0.3 is 5.76 Å². The van der Waals surface area contributed by atoms with Gasteiger partial charge in [-0.05, 0) is 37.1 Å². The molecule has 0 saturated carbocycles. The Labute approximate surface area is 182 Å². The number of rotatable bonds is 4. The number of hydrogen-bond donors (Lipinski definition) is 0. The molecule has 0 aliphatic carbocycles. The lowest BCUT2D eigenvalue weighted by atomic mass is 10.1. The van der Waals surface area contributed by atoms with Gasteiger partial charge in [0, 0.05) is 25.9 Å². The third-order valence-electron chi connectivity index (χ3n) is 5.85. The van der Waals surface area contributed by atoms with Crippen molar-refractivity contribution in [3.05, 3.63) is 58.1 Å². The first-order valence-electron chi connectivity index (χ1n) is 10.4. The summed E-state index contributed by atoms with van der Waals surface area (Å²) in [4.78, 5) is 31.4. The summed E-state index contributed by atoms with van der Waals surface area (Å²) in [6.07, 6.45) is 1.50. The molecule has 2 aromatic heterocycles. The molecule has 8 heteroatoms. The lowest BCUT2D eigenvalue weighted by Gasteiger charge is -2.31. The van der Waals surface area contributed by atoms with Gasteiger partial charge in [-0.2, -0.15) is 0 Å². The van der Waals surface area contributed by atoms with Gasteiger partial charge < -0.3 is 14.1 Å². The van der Waals surface area contributed by atoms with Crippen molar-refractivity contribution < 1.29 is 13.9 Å². The van der Waals surface area contributed by atoms with Crippen molar-refractivity contribution in [2.45, 2.75) is 39.3 Å². The number of aryl methyl sites for hydroxylation is 2. The summed E-state index contributed by atoms with van der Waals surface area (Å²) in [6.45, 7) is 5.32. The molecule has 31 heavy (non-hydrogen) atoms. The zero-order valence-corrected chi connectivity index (χ0v) is 18.3. The number of carbonyl (C=O) groups is 1. The maximum Gasteiger partial charge on any atom is 0.420 e. The van der Waals surface area contributed by atoms with Crippen LogP contribution in [0.3, 0.4) is 0 Å². The lowest BCUT2D eigenvalue weighted by molar-refractivity contribution is -0.133. The highest BCUT2D eigenvalue weighted by molar-refractivity contribution is 7.20. The molecule has 7 nitrogen and oxygen atoms in total. The molecule has 1 fully saturated rings. The van der Waals surface area contributed by atoms with E-state index in [1.807, 2.05) is 6.07 Å². The van der Waals surface area contributed by atoms with Crippen LogP contribution >= 0.6 is 11.3 Å². The Kier molecular flexibility index (Phi) is 5.02. The van der Waals surface area contributed by atoms with Crippen molar-refractivity contribution in [3.63, 3.8) is 0 Å². The zero-order valence-electron chi connectivity index (χ0n) is 17.5. The average molecular weight is 438 g/mol. The van der Waals surface area contributed by atoms with Gasteiger partial charge in [-0.3, -0.25) is 9.36 Å². The molecular formula is C23H23N3O4S. The van der Waals surface area contributed by atoms with Gasteiger partial charge in [-0.15, -0.1) is 0 Å². The predicted octanol–water partition coefficient (Wildman–Crippen LogP) is 3.89. The van der Waals surface area contributed by atoms with E-state index in [2.05, 4.69) is 31.0 Å². The topological polar surface area (TPSA) is 77.6 Å². The van der Waals surface area contributed by atoms with E-state index in [0.29, 0.717) is 29.4 Å². The minimum absolute atomic E-state index is 0.0161. The van der Waals surface area contributed by atoms with E-state index in [0.717, 1.165) is 23.9 Å². The number of para-hydroxylation sites is 2. The van der Waals surface area contributed by atoms with E-state index < -0.39 is 5.76 Å². The lowest BCUT2D eigenvalue weighted by Crippen LogP contribution is -2.43. The van der Waals surface area contributed by atoms with Crippen molar-refractivity contribution in [1.29, 1.82) is 0 Å². The Morgan fingerprint density at radius 3 is 2.68 bits per heavy atom. The molecule has 1 aliphatic rings. The number of carbonyl (C=O) groups excluding carboxylic acids is 1. The molecule has 160 valence electrons. The van der Waals surface area contributed by atoms with Crippen LogP contribution in [0, 0.1) is 13.8 Å². The van der Waals surface area contributed by atoms with Crippen molar-refractivity contribution >= 4 is 38.6 Å². The van der Waals surface area contributed by atoms with Gasteiger partial charge in [0.1, 0.15) is 12.6 Å². The fourth-order valence-corrected chi connectivity index (χ4v) is 5.08. The van der Waals surface area contributed by atoms with E-state index in [1.54, 1.807) is 34.4 Å². The van der Waals surface area contributed by atoms with E-state index in [4.69, 9.17) is 9.15 Å². The summed E-state index contributed by atoms with van der Waals surface area (Å²) < 4.78 is 13.9. The molecule has 0 spiro atoms.